The Morgan fingerprint density at radius 2 is 1.82 bits per heavy atom. The number of carbonyl (C=O) groups is 2. The summed E-state index contributed by atoms with van der Waals surface area (Å²) >= 11 is 0. The van der Waals surface area contributed by atoms with Gasteiger partial charge in [0.1, 0.15) is 0 Å². The fourth-order valence-electron chi connectivity index (χ4n) is 2.66. The van der Waals surface area contributed by atoms with Gasteiger partial charge in [-0.05, 0) is 36.5 Å². The minimum atomic E-state index is -0.530. The summed E-state index contributed by atoms with van der Waals surface area (Å²) in [6.07, 6.45) is 6.09. The van der Waals surface area contributed by atoms with Crippen LogP contribution in [-0.2, 0) is 16.1 Å². The van der Waals surface area contributed by atoms with Gasteiger partial charge in [0.15, 0.2) is 6.61 Å². The summed E-state index contributed by atoms with van der Waals surface area (Å²) in [7, 11) is 0. The molecular weight excluding hydrogens is 282 g/mol. The van der Waals surface area contributed by atoms with Crippen molar-refractivity contribution < 1.29 is 19.4 Å². The number of carbonyl (C=O) groups excluding carboxylic acids is 2. The van der Waals surface area contributed by atoms with Gasteiger partial charge in [-0.25, -0.2) is 4.79 Å². The van der Waals surface area contributed by atoms with Gasteiger partial charge in [-0.15, -0.1) is 0 Å². The number of nitrogens with one attached hydrogen (secondary N) is 1. The lowest BCUT2D eigenvalue weighted by Crippen LogP contribution is -2.33. The van der Waals surface area contributed by atoms with E-state index in [9.17, 15) is 9.59 Å². The molecule has 2 N–H and O–H groups in total. The summed E-state index contributed by atoms with van der Waals surface area (Å²) < 4.78 is 4.99. The Kier molecular flexibility index (Phi) is 6.40. The highest BCUT2D eigenvalue weighted by molar-refractivity contribution is 5.91. The zero-order chi connectivity index (χ0) is 15.8. The first-order chi connectivity index (χ1) is 10.7. The molecule has 1 saturated carbocycles. The van der Waals surface area contributed by atoms with E-state index in [2.05, 4.69) is 5.32 Å². The molecular formula is C17H23NO4. The molecule has 5 heteroatoms. The standard InChI is InChI=1S/C17H23NO4/c19-11-14-6-8-15(9-7-14)17(21)22-12-16(20)18-10-13-4-2-1-3-5-13/h6-9,13,19H,1-5,10-12H2,(H,18,20). The Morgan fingerprint density at radius 3 is 2.45 bits per heavy atom. The van der Waals surface area contributed by atoms with Gasteiger partial charge in [-0.3, -0.25) is 4.79 Å². The van der Waals surface area contributed by atoms with Crippen molar-refractivity contribution in [3.05, 3.63) is 35.4 Å². The number of aliphatic hydroxyl groups is 1. The van der Waals surface area contributed by atoms with Crippen LogP contribution in [0.3, 0.4) is 0 Å². The van der Waals surface area contributed by atoms with Crippen LogP contribution in [0.15, 0.2) is 24.3 Å². The Hall–Kier alpha value is -1.88. The van der Waals surface area contributed by atoms with Crippen LogP contribution in [-0.4, -0.2) is 30.1 Å². The monoisotopic (exact) mass is 305 g/mol. The zero-order valence-corrected chi connectivity index (χ0v) is 12.7. The van der Waals surface area contributed by atoms with Crippen molar-refractivity contribution in [3.8, 4) is 0 Å². The molecule has 1 fully saturated rings. The van der Waals surface area contributed by atoms with Crippen molar-refractivity contribution in [2.24, 2.45) is 5.92 Å². The molecule has 1 aromatic carbocycles. The Morgan fingerprint density at radius 1 is 1.14 bits per heavy atom. The molecule has 1 amide bonds. The van der Waals surface area contributed by atoms with E-state index in [0.29, 0.717) is 18.0 Å². The van der Waals surface area contributed by atoms with Gasteiger partial charge in [0.2, 0.25) is 0 Å². The molecule has 0 radical (unpaired) electrons. The first-order valence-electron chi connectivity index (χ1n) is 7.82. The number of amides is 1. The maximum absolute atomic E-state index is 11.8. The van der Waals surface area contributed by atoms with Crippen LogP contribution in [0.5, 0.6) is 0 Å². The van der Waals surface area contributed by atoms with Crippen LogP contribution in [0, 0.1) is 5.92 Å². The van der Waals surface area contributed by atoms with Crippen molar-refractivity contribution >= 4 is 11.9 Å². The molecule has 0 unspecified atom stereocenters. The highest BCUT2D eigenvalue weighted by Crippen LogP contribution is 2.22. The van der Waals surface area contributed by atoms with E-state index in [1.54, 1.807) is 24.3 Å². The third kappa shape index (κ3) is 5.15. The van der Waals surface area contributed by atoms with E-state index in [1.165, 1.54) is 19.3 Å². The summed E-state index contributed by atoms with van der Waals surface area (Å²) in [5.74, 6) is -0.234. The molecule has 22 heavy (non-hydrogen) atoms. The average Bonchev–Trinajstić information content (AvgIpc) is 2.58. The molecule has 2 rings (SSSR count). The van der Waals surface area contributed by atoms with Crippen molar-refractivity contribution in [1.29, 1.82) is 0 Å². The van der Waals surface area contributed by atoms with E-state index >= 15 is 0 Å². The lowest BCUT2D eigenvalue weighted by Gasteiger charge is -2.21. The molecule has 0 heterocycles. The minimum absolute atomic E-state index is 0.0705. The Labute approximate surface area is 130 Å². The number of hydrogen-bond donors (Lipinski definition) is 2. The molecule has 0 bridgehead atoms. The predicted octanol–water partition coefficient (Wildman–Crippen LogP) is 2.03. The lowest BCUT2D eigenvalue weighted by atomic mass is 9.89. The van der Waals surface area contributed by atoms with Gasteiger partial charge in [0.05, 0.1) is 12.2 Å². The molecule has 1 aliphatic rings. The topological polar surface area (TPSA) is 75.6 Å². The largest absolute Gasteiger partial charge is 0.452 e. The molecule has 1 aliphatic carbocycles. The van der Waals surface area contributed by atoms with E-state index < -0.39 is 5.97 Å². The Balaban J connectivity index is 1.69. The zero-order valence-electron chi connectivity index (χ0n) is 12.7. The quantitative estimate of drug-likeness (QED) is 0.789. The van der Waals surface area contributed by atoms with Gasteiger partial charge in [0.25, 0.3) is 5.91 Å². The molecule has 0 spiro atoms. The van der Waals surface area contributed by atoms with Crippen LogP contribution >= 0.6 is 0 Å². The summed E-state index contributed by atoms with van der Waals surface area (Å²) in [5, 5.41) is 11.8. The molecule has 5 nitrogen and oxygen atoms in total. The van der Waals surface area contributed by atoms with Crippen LogP contribution in [0.2, 0.25) is 0 Å². The summed E-state index contributed by atoms with van der Waals surface area (Å²) in [6.45, 7) is 0.341. The molecule has 0 atom stereocenters. The number of ether oxygens (including phenoxy) is 1. The maximum Gasteiger partial charge on any atom is 0.338 e. The van der Waals surface area contributed by atoms with Crippen LogP contribution < -0.4 is 5.32 Å². The van der Waals surface area contributed by atoms with Crippen molar-refractivity contribution in [2.75, 3.05) is 13.2 Å². The van der Waals surface area contributed by atoms with Crippen molar-refractivity contribution in [1.82, 2.24) is 5.32 Å². The number of esters is 1. The van der Waals surface area contributed by atoms with Gasteiger partial charge >= 0.3 is 5.97 Å². The van der Waals surface area contributed by atoms with Crippen LogP contribution in [0.4, 0.5) is 0 Å². The second-order valence-corrected chi connectivity index (χ2v) is 5.74. The number of hydrogen-bond acceptors (Lipinski definition) is 4. The minimum Gasteiger partial charge on any atom is -0.452 e. The van der Waals surface area contributed by atoms with Crippen molar-refractivity contribution in [3.63, 3.8) is 0 Å². The average molecular weight is 305 g/mol. The van der Waals surface area contributed by atoms with Gasteiger partial charge < -0.3 is 15.2 Å². The molecule has 0 aromatic heterocycles. The third-order valence-corrected chi connectivity index (χ3v) is 4.02. The summed E-state index contributed by atoms with van der Waals surface area (Å²) in [6, 6.07) is 6.46. The van der Waals surface area contributed by atoms with E-state index in [0.717, 1.165) is 18.4 Å². The third-order valence-electron chi connectivity index (χ3n) is 4.02. The number of aliphatic hydroxyl groups excluding tert-OH is 1. The van der Waals surface area contributed by atoms with Crippen LogP contribution in [0.1, 0.15) is 48.0 Å². The van der Waals surface area contributed by atoms with Gasteiger partial charge in [-0.1, -0.05) is 31.4 Å². The molecule has 0 aliphatic heterocycles. The summed E-state index contributed by atoms with van der Waals surface area (Å²) in [5.41, 5.74) is 1.10. The van der Waals surface area contributed by atoms with E-state index in [4.69, 9.17) is 9.84 Å². The maximum atomic E-state index is 11.8. The van der Waals surface area contributed by atoms with E-state index in [-0.39, 0.29) is 19.1 Å². The molecule has 120 valence electrons. The highest BCUT2D eigenvalue weighted by atomic mass is 16.5. The second kappa shape index (κ2) is 8.54. The van der Waals surface area contributed by atoms with Crippen molar-refractivity contribution in [2.45, 2.75) is 38.7 Å². The second-order valence-electron chi connectivity index (χ2n) is 5.74. The number of benzene rings is 1. The normalized spacial score (nSPS) is 15.3. The first-order valence-corrected chi connectivity index (χ1v) is 7.82. The van der Waals surface area contributed by atoms with Crippen LogP contribution in [0.25, 0.3) is 0 Å². The predicted molar refractivity (Wildman–Crippen MR) is 82.2 cm³/mol. The fraction of sp³-hybridized carbons (Fsp3) is 0.529. The highest BCUT2D eigenvalue weighted by Gasteiger charge is 2.15. The smallest absolute Gasteiger partial charge is 0.338 e. The van der Waals surface area contributed by atoms with Gasteiger partial charge in [0, 0.05) is 6.54 Å². The SMILES string of the molecule is O=C(COC(=O)c1ccc(CO)cc1)NCC1CCCCC1. The number of rotatable bonds is 6. The first kappa shape index (κ1) is 16.5. The fourth-order valence-corrected chi connectivity index (χ4v) is 2.66. The molecule has 0 saturated heterocycles. The van der Waals surface area contributed by atoms with E-state index in [1.807, 2.05) is 0 Å². The lowest BCUT2D eigenvalue weighted by molar-refractivity contribution is -0.124. The molecule has 1 aromatic rings. The van der Waals surface area contributed by atoms with Gasteiger partial charge in [-0.2, -0.15) is 0 Å². The Bertz CT molecular complexity index is 492. The summed E-state index contributed by atoms with van der Waals surface area (Å²) in [4.78, 5) is 23.5.